The summed E-state index contributed by atoms with van der Waals surface area (Å²) in [5.41, 5.74) is 1.08. The van der Waals surface area contributed by atoms with Crippen LogP contribution >= 0.6 is 0 Å². The zero-order valence-electron chi connectivity index (χ0n) is 18.6. The monoisotopic (exact) mass is 492 g/mol. The van der Waals surface area contributed by atoms with Crippen LogP contribution in [0.5, 0.6) is 0 Å². The Balaban J connectivity index is 1.49. The van der Waals surface area contributed by atoms with Crippen LogP contribution in [-0.2, 0) is 15.6 Å². The number of nitrogens with one attached hydrogen (secondary N) is 2. The summed E-state index contributed by atoms with van der Waals surface area (Å²) in [6.07, 6.45) is 1.36. The van der Waals surface area contributed by atoms with Crippen LogP contribution in [0.3, 0.4) is 0 Å². The third kappa shape index (κ3) is 5.64. The molecule has 178 valence electrons. The van der Waals surface area contributed by atoms with Crippen molar-refractivity contribution in [3.05, 3.63) is 113 Å². The smallest absolute Gasteiger partial charge is 0.259 e. The lowest BCUT2D eigenvalue weighted by atomic mass is 10.1. The van der Waals surface area contributed by atoms with Crippen LogP contribution in [-0.4, -0.2) is 20.2 Å². The molecule has 3 aromatic carbocycles. The molecule has 0 unspecified atom stereocenters. The van der Waals surface area contributed by atoms with E-state index in [-0.39, 0.29) is 33.2 Å². The largest absolute Gasteiger partial charge is 0.469 e. The third-order valence-electron chi connectivity index (χ3n) is 5.22. The molecular weight excluding hydrogens is 471 g/mol. The summed E-state index contributed by atoms with van der Waals surface area (Å²) in [5, 5.41) is 5.11. The third-order valence-corrected chi connectivity index (χ3v) is 6.93. The number of carbonyl (C=O) groups excluding carboxylic acids is 2. The normalized spacial score (nSPS) is 11.1. The molecule has 0 aliphatic heterocycles. The van der Waals surface area contributed by atoms with Gasteiger partial charge in [-0.25, -0.2) is 12.8 Å². The molecule has 7 nitrogen and oxygen atoms in total. The van der Waals surface area contributed by atoms with E-state index >= 15 is 0 Å². The van der Waals surface area contributed by atoms with Crippen molar-refractivity contribution in [2.24, 2.45) is 0 Å². The minimum atomic E-state index is -3.58. The Kier molecular flexibility index (Phi) is 6.79. The fraction of sp³-hybridized carbons (Fsp3) is 0.0769. The first kappa shape index (κ1) is 23.9. The van der Waals surface area contributed by atoms with Gasteiger partial charge in [-0.15, -0.1) is 0 Å². The number of furan rings is 1. The van der Waals surface area contributed by atoms with Gasteiger partial charge in [-0.05, 0) is 61.0 Å². The Morgan fingerprint density at radius 1 is 0.886 bits per heavy atom. The molecule has 1 aromatic heterocycles. The maximum absolute atomic E-state index is 14.3. The van der Waals surface area contributed by atoms with Crippen LogP contribution < -0.4 is 10.6 Å². The minimum absolute atomic E-state index is 0.115. The van der Waals surface area contributed by atoms with Crippen molar-refractivity contribution in [3.8, 4) is 0 Å². The molecule has 0 aliphatic rings. The molecule has 2 amide bonds. The van der Waals surface area contributed by atoms with Crippen molar-refractivity contribution in [1.82, 2.24) is 0 Å². The van der Waals surface area contributed by atoms with E-state index in [1.165, 1.54) is 42.7 Å². The van der Waals surface area contributed by atoms with E-state index < -0.39 is 27.5 Å². The van der Waals surface area contributed by atoms with E-state index in [0.29, 0.717) is 11.3 Å². The van der Waals surface area contributed by atoms with Crippen LogP contribution in [0, 0.1) is 12.7 Å². The van der Waals surface area contributed by atoms with E-state index in [4.69, 9.17) is 4.42 Å². The molecule has 0 fully saturated rings. The lowest BCUT2D eigenvalue weighted by Gasteiger charge is -2.11. The van der Waals surface area contributed by atoms with Crippen LogP contribution in [0.25, 0.3) is 0 Å². The van der Waals surface area contributed by atoms with E-state index in [9.17, 15) is 22.4 Å². The maximum Gasteiger partial charge on any atom is 0.259 e. The topological polar surface area (TPSA) is 105 Å². The fourth-order valence-electron chi connectivity index (χ4n) is 3.45. The van der Waals surface area contributed by atoms with Gasteiger partial charge in [-0.3, -0.25) is 9.59 Å². The molecule has 0 saturated carbocycles. The summed E-state index contributed by atoms with van der Waals surface area (Å²) in [6.45, 7) is 1.61. The van der Waals surface area contributed by atoms with Gasteiger partial charge < -0.3 is 15.1 Å². The van der Waals surface area contributed by atoms with Gasteiger partial charge in [-0.2, -0.15) is 0 Å². The zero-order chi connectivity index (χ0) is 25.0. The number of aryl methyl sites for hydroxylation is 1. The van der Waals surface area contributed by atoms with Gasteiger partial charge in [0.05, 0.1) is 28.2 Å². The summed E-state index contributed by atoms with van der Waals surface area (Å²) < 4.78 is 44.7. The maximum atomic E-state index is 14.3. The number of hydrogen-bond donors (Lipinski definition) is 2. The molecule has 35 heavy (non-hydrogen) atoms. The quantitative estimate of drug-likeness (QED) is 0.369. The summed E-state index contributed by atoms with van der Waals surface area (Å²) in [7, 11) is -3.58. The minimum Gasteiger partial charge on any atom is -0.469 e. The molecule has 0 radical (unpaired) electrons. The first-order chi connectivity index (χ1) is 16.7. The lowest BCUT2D eigenvalue weighted by molar-refractivity contribution is 0.101. The molecule has 0 spiro atoms. The molecule has 0 aliphatic carbocycles. The van der Waals surface area contributed by atoms with Crippen LogP contribution in [0.2, 0.25) is 0 Å². The number of carbonyl (C=O) groups is 2. The van der Waals surface area contributed by atoms with E-state index in [0.717, 1.165) is 6.07 Å². The predicted octanol–water partition coefficient (Wildman–Crippen LogP) is 5.21. The molecule has 2 N–H and O–H groups in total. The second kappa shape index (κ2) is 9.94. The second-order valence-corrected chi connectivity index (χ2v) is 9.76. The van der Waals surface area contributed by atoms with Gasteiger partial charge in [0, 0.05) is 11.3 Å². The van der Waals surface area contributed by atoms with Crippen molar-refractivity contribution < 1.29 is 26.8 Å². The summed E-state index contributed by atoms with van der Waals surface area (Å²) in [6, 6.07) is 19.6. The average Bonchev–Trinajstić information content (AvgIpc) is 3.27. The highest BCUT2D eigenvalue weighted by Gasteiger charge is 2.17. The Morgan fingerprint density at radius 2 is 1.66 bits per heavy atom. The number of halogens is 1. The van der Waals surface area contributed by atoms with Crippen molar-refractivity contribution in [1.29, 1.82) is 0 Å². The molecule has 1 heterocycles. The van der Waals surface area contributed by atoms with Crippen LogP contribution in [0.4, 0.5) is 15.8 Å². The van der Waals surface area contributed by atoms with Crippen LogP contribution in [0.1, 0.15) is 32.0 Å². The Bertz CT molecular complexity index is 1500. The van der Waals surface area contributed by atoms with Crippen molar-refractivity contribution in [2.75, 3.05) is 10.6 Å². The summed E-state index contributed by atoms with van der Waals surface area (Å²) >= 11 is 0. The fourth-order valence-corrected chi connectivity index (χ4v) is 4.80. The molecule has 9 heteroatoms. The number of benzene rings is 3. The van der Waals surface area contributed by atoms with E-state index in [2.05, 4.69) is 10.6 Å². The van der Waals surface area contributed by atoms with Gasteiger partial charge in [-0.1, -0.05) is 30.3 Å². The summed E-state index contributed by atoms with van der Waals surface area (Å²) in [4.78, 5) is 25.4. The van der Waals surface area contributed by atoms with Gasteiger partial charge in [0.1, 0.15) is 11.6 Å². The lowest BCUT2D eigenvalue weighted by Crippen LogP contribution is -2.15. The molecular formula is C26H21FN2O5S. The first-order valence-electron chi connectivity index (χ1n) is 10.6. The number of rotatable bonds is 7. The molecule has 0 atom stereocenters. The Hall–Kier alpha value is -4.24. The molecule has 0 bridgehead atoms. The molecule has 0 saturated heterocycles. The number of sulfone groups is 1. The van der Waals surface area contributed by atoms with Gasteiger partial charge in [0.25, 0.3) is 11.8 Å². The predicted molar refractivity (Wildman–Crippen MR) is 130 cm³/mol. The Labute approximate surface area is 201 Å². The second-order valence-electron chi connectivity index (χ2n) is 7.77. The summed E-state index contributed by atoms with van der Waals surface area (Å²) in [5.74, 6) is -1.62. The van der Waals surface area contributed by atoms with Gasteiger partial charge in [0.2, 0.25) is 0 Å². The number of hydrogen-bond acceptors (Lipinski definition) is 5. The SMILES string of the molecule is Cc1occc1C(=O)Nc1cc(NC(=O)c2cccc(CS(=O)(=O)c3ccccc3)c2)ccc1F. The zero-order valence-corrected chi connectivity index (χ0v) is 19.4. The van der Waals surface area contributed by atoms with Crippen molar-refractivity contribution >= 4 is 33.0 Å². The highest BCUT2D eigenvalue weighted by Crippen LogP contribution is 2.23. The van der Waals surface area contributed by atoms with Gasteiger partial charge in [0.15, 0.2) is 9.84 Å². The Morgan fingerprint density at radius 3 is 2.37 bits per heavy atom. The molecule has 4 aromatic rings. The van der Waals surface area contributed by atoms with Crippen LogP contribution in [0.15, 0.2) is 94.4 Å². The molecule has 4 rings (SSSR count). The highest BCUT2D eigenvalue weighted by atomic mass is 32.2. The van der Waals surface area contributed by atoms with E-state index in [1.807, 2.05) is 0 Å². The first-order valence-corrected chi connectivity index (χ1v) is 12.2. The average molecular weight is 493 g/mol. The number of amides is 2. The van der Waals surface area contributed by atoms with Gasteiger partial charge >= 0.3 is 0 Å². The standard InChI is InChI=1S/C26H21FN2O5S/c1-17-22(12-13-34-17)26(31)29-24-15-20(10-11-23(24)27)28-25(30)19-7-5-6-18(14-19)16-35(32,33)21-8-3-2-4-9-21/h2-15H,16H2,1H3,(H,28,30)(H,29,31). The highest BCUT2D eigenvalue weighted by molar-refractivity contribution is 7.90. The van der Waals surface area contributed by atoms with Crippen molar-refractivity contribution in [3.63, 3.8) is 0 Å². The van der Waals surface area contributed by atoms with Crippen molar-refractivity contribution in [2.45, 2.75) is 17.6 Å². The number of anilines is 2. The van der Waals surface area contributed by atoms with E-state index in [1.54, 1.807) is 43.3 Å².